The van der Waals surface area contributed by atoms with Crippen molar-refractivity contribution < 1.29 is 29.3 Å². The maximum Gasteiger partial charge on any atom is 0.335 e. The van der Waals surface area contributed by atoms with Crippen LogP contribution in [0, 0.1) is 0 Å². The first-order valence-corrected chi connectivity index (χ1v) is 12.0. The minimum Gasteiger partial charge on any atom is -0.480 e. The van der Waals surface area contributed by atoms with Crippen molar-refractivity contribution in [1.82, 2.24) is 10.2 Å². The predicted octanol–water partition coefficient (Wildman–Crippen LogP) is 4.07. The van der Waals surface area contributed by atoms with E-state index < -0.39 is 11.9 Å². The molecule has 0 atom stereocenters. The molecule has 9 nitrogen and oxygen atoms in total. The maximum atomic E-state index is 12.5. The van der Waals surface area contributed by atoms with E-state index in [4.69, 9.17) is 9.84 Å². The molecule has 3 aromatic rings. The average Bonchev–Trinajstić information content (AvgIpc) is 2.87. The second kappa shape index (κ2) is 14.4. The molecule has 0 aliphatic rings. The molecule has 0 aliphatic carbocycles. The second-order valence-corrected chi connectivity index (χ2v) is 8.48. The largest absolute Gasteiger partial charge is 0.480 e. The summed E-state index contributed by atoms with van der Waals surface area (Å²) < 4.78 is 5.74. The van der Waals surface area contributed by atoms with Crippen LogP contribution in [0.3, 0.4) is 0 Å². The Kier molecular flexibility index (Phi) is 10.6. The summed E-state index contributed by atoms with van der Waals surface area (Å²) in [4.78, 5) is 36.3. The summed E-state index contributed by atoms with van der Waals surface area (Å²) >= 11 is 0. The first kappa shape index (κ1) is 27.4. The molecule has 9 heteroatoms. The standard InChI is InChI=1S/C28H31N3O6/c32-26(30-23-12-14-25(15-13-23)37-24-6-2-1-3-7-24)19-31(20-27(33)34)17-5-4-16-29-18-21-8-10-22(11-9-21)28(35)36/h1-3,6-15,29H,4-5,16-20H2,(H,30,32)(H,33,34)(H,35,36). The number of nitrogens with one attached hydrogen (secondary N) is 2. The molecule has 0 saturated heterocycles. The Balaban J connectivity index is 1.38. The zero-order valence-corrected chi connectivity index (χ0v) is 20.4. The fourth-order valence-corrected chi connectivity index (χ4v) is 3.62. The molecule has 0 saturated carbocycles. The van der Waals surface area contributed by atoms with Gasteiger partial charge in [-0.2, -0.15) is 0 Å². The lowest BCUT2D eigenvalue weighted by atomic mass is 10.1. The van der Waals surface area contributed by atoms with E-state index in [1.807, 2.05) is 30.3 Å². The third-order valence-corrected chi connectivity index (χ3v) is 5.45. The molecule has 194 valence electrons. The summed E-state index contributed by atoms with van der Waals surface area (Å²) in [6, 6.07) is 23.0. The molecular weight excluding hydrogens is 474 g/mol. The summed E-state index contributed by atoms with van der Waals surface area (Å²) in [6.45, 7) is 1.54. The van der Waals surface area contributed by atoms with Gasteiger partial charge >= 0.3 is 11.9 Å². The van der Waals surface area contributed by atoms with Gasteiger partial charge in [0, 0.05) is 12.2 Å². The van der Waals surface area contributed by atoms with Gasteiger partial charge in [-0.05, 0) is 80.0 Å². The topological polar surface area (TPSA) is 128 Å². The maximum absolute atomic E-state index is 12.5. The summed E-state index contributed by atoms with van der Waals surface area (Å²) in [5.41, 5.74) is 1.83. The number of ether oxygens (including phenoxy) is 1. The number of unbranched alkanes of at least 4 members (excludes halogenated alkanes) is 1. The molecule has 0 unspecified atom stereocenters. The first-order chi connectivity index (χ1) is 17.9. The molecule has 4 N–H and O–H groups in total. The van der Waals surface area contributed by atoms with E-state index in [2.05, 4.69) is 10.6 Å². The molecular formula is C28H31N3O6. The van der Waals surface area contributed by atoms with Gasteiger partial charge in [0.1, 0.15) is 11.5 Å². The molecule has 0 aromatic heterocycles. The zero-order valence-electron chi connectivity index (χ0n) is 20.4. The number of aliphatic carboxylic acids is 1. The highest BCUT2D eigenvalue weighted by Gasteiger charge is 2.14. The van der Waals surface area contributed by atoms with E-state index in [-0.39, 0.29) is 24.6 Å². The van der Waals surface area contributed by atoms with Crippen LogP contribution in [0.25, 0.3) is 0 Å². The van der Waals surface area contributed by atoms with Gasteiger partial charge in [-0.15, -0.1) is 0 Å². The minimum absolute atomic E-state index is 0.0298. The fraction of sp³-hybridized carbons (Fsp3) is 0.250. The highest BCUT2D eigenvalue weighted by atomic mass is 16.5. The van der Waals surface area contributed by atoms with Crippen molar-refractivity contribution in [2.45, 2.75) is 19.4 Å². The summed E-state index contributed by atoms with van der Waals surface area (Å²) in [6.07, 6.45) is 1.52. The highest BCUT2D eigenvalue weighted by molar-refractivity contribution is 5.92. The van der Waals surface area contributed by atoms with Gasteiger partial charge in [0.05, 0.1) is 18.7 Å². The quantitative estimate of drug-likeness (QED) is 0.228. The van der Waals surface area contributed by atoms with Gasteiger partial charge < -0.3 is 25.6 Å². The van der Waals surface area contributed by atoms with Crippen LogP contribution < -0.4 is 15.4 Å². The smallest absolute Gasteiger partial charge is 0.335 e. The lowest BCUT2D eigenvalue weighted by molar-refractivity contribution is -0.138. The van der Waals surface area contributed by atoms with E-state index in [1.165, 1.54) is 0 Å². The molecule has 3 aromatic carbocycles. The van der Waals surface area contributed by atoms with Crippen LogP contribution in [-0.2, 0) is 16.1 Å². The Labute approximate surface area is 215 Å². The van der Waals surface area contributed by atoms with Gasteiger partial charge in [0.15, 0.2) is 0 Å². The van der Waals surface area contributed by atoms with Crippen LogP contribution in [0.15, 0.2) is 78.9 Å². The van der Waals surface area contributed by atoms with E-state index >= 15 is 0 Å². The van der Waals surface area contributed by atoms with Gasteiger partial charge in [-0.3, -0.25) is 14.5 Å². The number of amides is 1. The Bertz CT molecular complexity index is 1150. The number of anilines is 1. The van der Waals surface area contributed by atoms with E-state index in [1.54, 1.807) is 53.4 Å². The predicted molar refractivity (Wildman–Crippen MR) is 140 cm³/mol. The van der Waals surface area contributed by atoms with Gasteiger partial charge in [0.2, 0.25) is 5.91 Å². The number of carbonyl (C=O) groups is 3. The third kappa shape index (κ3) is 10.1. The van der Waals surface area contributed by atoms with Gasteiger partial charge in [0.25, 0.3) is 0 Å². The van der Waals surface area contributed by atoms with Gasteiger partial charge in [-0.25, -0.2) is 4.79 Å². The Morgan fingerprint density at radius 3 is 2.11 bits per heavy atom. The zero-order chi connectivity index (χ0) is 26.5. The number of hydrogen-bond donors (Lipinski definition) is 4. The lowest BCUT2D eigenvalue weighted by Gasteiger charge is -2.20. The number of aromatic carboxylic acids is 1. The number of para-hydroxylation sites is 1. The van der Waals surface area contributed by atoms with Crippen LogP contribution in [0.5, 0.6) is 11.5 Å². The average molecular weight is 506 g/mol. The fourth-order valence-electron chi connectivity index (χ4n) is 3.62. The number of hydrogen-bond acceptors (Lipinski definition) is 6. The summed E-state index contributed by atoms with van der Waals surface area (Å²) in [5, 5.41) is 24.3. The molecule has 0 spiro atoms. The minimum atomic E-state index is -0.988. The van der Waals surface area contributed by atoms with E-state index in [0.717, 1.165) is 18.4 Å². The molecule has 0 aliphatic heterocycles. The van der Waals surface area contributed by atoms with Crippen LogP contribution in [0.2, 0.25) is 0 Å². The SMILES string of the molecule is O=C(O)CN(CCCCNCc1ccc(C(=O)O)cc1)CC(=O)Nc1ccc(Oc2ccccc2)cc1. The van der Waals surface area contributed by atoms with Crippen molar-refractivity contribution in [3.63, 3.8) is 0 Å². The molecule has 0 fully saturated rings. The normalized spacial score (nSPS) is 10.7. The highest BCUT2D eigenvalue weighted by Crippen LogP contribution is 2.22. The number of nitrogens with zero attached hydrogens (tertiary/aromatic N) is 1. The van der Waals surface area contributed by atoms with Crippen LogP contribution in [0.4, 0.5) is 5.69 Å². The number of carboxylic acid groups (broad SMARTS) is 2. The molecule has 1 amide bonds. The summed E-state index contributed by atoms with van der Waals surface area (Å²) in [7, 11) is 0. The van der Waals surface area contributed by atoms with Crippen molar-refractivity contribution in [3.8, 4) is 11.5 Å². The number of benzene rings is 3. The molecule has 3 rings (SSSR count). The van der Waals surface area contributed by atoms with Crippen molar-refractivity contribution in [3.05, 3.63) is 90.0 Å². The van der Waals surface area contributed by atoms with Gasteiger partial charge in [-0.1, -0.05) is 30.3 Å². The monoisotopic (exact) mass is 505 g/mol. The van der Waals surface area contributed by atoms with E-state index in [9.17, 15) is 19.5 Å². The molecule has 0 bridgehead atoms. The number of carboxylic acids is 2. The Hall–Kier alpha value is -4.21. The number of carbonyl (C=O) groups excluding carboxylic acids is 1. The first-order valence-electron chi connectivity index (χ1n) is 12.0. The Morgan fingerprint density at radius 2 is 1.46 bits per heavy atom. The van der Waals surface area contributed by atoms with E-state index in [0.29, 0.717) is 36.8 Å². The van der Waals surface area contributed by atoms with Crippen molar-refractivity contribution >= 4 is 23.5 Å². The third-order valence-electron chi connectivity index (χ3n) is 5.45. The lowest BCUT2D eigenvalue weighted by Crippen LogP contribution is -2.37. The number of rotatable bonds is 15. The summed E-state index contributed by atoms with van der Waals surface area (Å²) in [5.74, 6) is -0.875. The Morgan fingerprint density at radius 1 is 0.784 bits per heavy atom. The van der Waals surface area contributed by atoms with Crippen molar-refractivity contribution in [2.75, 3.05) is 31.5 Å². The van der Waals surface area contributed by atoms with Crippen LogP contribution in [0.1, 0.15) is 28.8 Å². The second-order valence-electron chi connectivity index (χ2n) is 8.48. The molecule has 37 heavy (non-hydrogen) atoms. The van der Waals surface area contributed by atoms with Crippen LogP contribution in [-0.4, -0.2) is 59.1 Å². The van der Waals surface area contributed by atoms with Crippen LogP contribution >= 0.6 is 0 Å². The molecule has 0 heterocycles. The van der Waals surface area contributed by atoms with Crippen molar-refractivity contribution in [1.29, 1.82) is 0 Å². The molecule has 0 radical (unpaired) electrons. The van der Waals surface area contributed by atoms with Crippen molar-refractivity contribution in [2.24, 2.45) is 0 Å².